The number of nitrogens with zero attached hydrogens (tertiary/aromatic N) is 1. The molecule has 8 heteroatoms. The Morgan fingerprint density at radius 1 is 1.14 bits per heavy atom. The monoisotopic (exact) mass is 438 g/mol. The van der Waals surface area contributed by atoms with Gasteiger partial charge in [0.1, 0.15) is 6.04 Å². The number of rotatable bonds is 7. The second kappa shape index (κ2) is 13.1. The standard InChI is InChI=1S/C21H26N4O2.2ClH/c26-20(18-8-2-1-3-9-18)25-19(12-16-6-4-10-22-13-16)21(27)24-15-17-7-5-11-23-14-17;;/h1-4,6,8-10,13,17,19,23H,5,7,11-12,14-15H2,(H,24,27)(H,25,26);2*1H. The van der Waals surface area contributed by atoms with Gasteiger partial charge in [0.05, 0.1) is 0 Å². The van der Waals surface area contributed by atoms with E-state index in [1.807, 2.05) is 18.2 Å². The quantitative estimate of drug-likeness (QED) is 0.619. The normalized spacial score (nSPS) is 16.5. The topological polar surface area (TPSA) is 83.1 Å². The maximum absolute atomic E-state index is 12.8. The molecule has 1 aromatic heterocycles. The van der Waals surface area contributed by atoms with Crippen LogP contribution in [-0.4, -0.2) is 42.5 Å². The fourth-order valence-electron chi connectivity index (χ4n) is 3.26. The summed E-state index contributed by atoms with van der Waals surface area (Å²) in [6.45, 7) is 2.59. The number of amides is 2. The minimum absolute atomic E-state index is 0. The van der Waals surface area contributed by atoms with E-state index in [9.17, 15) is 9.59 Å². The van der Waals surface area contributed by atoms with Crippen LogP contribution in [0, 0.1) is 5.92 Å². The summed E-state index contributed by atoms with van der Waals surface area (Å²) >= 11 is 0. The Hall–Kier alpha value is -2.15. The Morgan fingerprint density at radius 2 is 1.93 bits per heavy atom. The number of pyridine rings is 1. The first kappa shape index (κ1) is 24.9. The molecule has 1 aliphatic rings. The van der Waals surface area contributed by atoms with E-state index in [0.717, 1.165) is 31.5 Å². The fraction of sp³-hybridized carbons (Fsp3) is 0.381. The van der Waals surface area contributed by atoms with E-state index in [2.05, 4.69) is 20.9 Å². The van der Waals surface area contributed by atoms with Crippen LogP contribution in [0.1, 0.15) is 28.8 Å². The fourth-order valence-corrected chi connectivity index (χ4v) is 3.26. The largest absolute Gasteiger partial charge is 0.354 e. The van der Waals surface area contributed by atoms with E-state index in [0.29, 0.717) is 24.4 Å². The first-order valence-electron chi connectivity index (χ1n) is 9.45. The summed E-state index contributed by atoms with van der Waals surface area (Å²) in [5.41, 5.74) is 1.45. The number of carbonyl (C=O) groups excluding carboxylic acids is 2. The van der Waals surface area contributed by atoms with Crippen LogP contribution in [0.2, 0.25) is 0 Å². The highest BCUT2D eigenvalue weighted by atomic mass is 35.5. The third-order valence-electron chi connectivity index (χ3n) is 4.78. The molecule has 0 aliphatic carbocycles. The van der Waals surface area contributed by atoms with Crippen LogP contribution >= 0.6 is 24.8 Å². The maximum Gasteiger partial charge on any atom is 0.251 e. The highest BCUT2D eigenvalue weighted by Crippen LogP contribution is 2.09. The molecule has 2 amide bonds. The zero-order valence-corrected chi connectivity index (χ0v) is 17.8. The highest BCUT2D eigenvalue weighted by Gasteiger charge is 2.23. The van der Waals surface area contributed by atoms with Gasteiger partial charge >= 0.3 is 0 Å². The van der Waals surface area contributed by atoms with Crippen molar-refractivity contribution in [3.05, 3.63) is 66.0 Å². The van der Waals surface area contributed by atoms with Crippen molar-refractivity contribution < 1.29 is 9.59 Å². The number of aromatic nitrogens is 1. The molecular formula is C21H28Cl2N4O2. The first-order valence-corrected chi connectivity index (χ1v) is 9.45. The molecule has 2 aromatic rings. The summed E-state index contributed by atoms with van der Waals surface area (Å²) in [4.78, 5) is 29.4. The van der Waals surface area contributed by atoms with Crippen LogP contribution in [0.5, 0.6) is 0 Å². The number of halogens is 2. The lowest BCUT2D eigenvalue weighted by Gasteiger charge is -2.24. The first-order chi connectivity index (χ1) is 13.2. The van der Waals surface area contributed by atoms with Gasteiger partial charge in [-0.3, -0.25) is 14.6 Å². The number of hydrogen-bond donors (Lipinski definition) is 3. The van der Waals surface area contributed by atoms with E-state index >= 15 is 0 Å². The molecule has 1 saturated heterocycles. The van der Waals surface area contributed by atoms with Crippen molar-refractivity contribution in [3.63, 3.8) is 0 Å². The lowest BCUT2D eigenvalue weighted by atomic mass is 9.99. The highest BCUT2D eigenvalue weighted by molar-refractivity contribution is 5.97. The van der Waals surface area contributed by atoms with Gasteiger partial charge in [-0.25, -0.2) is 0 Å². The van der Waals surface area contributed by atoms with Gasteiger partial charge in [-0.1, -0.05) is 24.3 Å². The van der Waals surface area contributed by atoms with Crippen molar-refractivity contribution in [2.24, 2.45) is 5.92 Å². The number of piperidine rings is 1. The Kier molecular flexibility index (Phi) is 11.3. The van der Waals surface area contributed by atoms with Crippen molar-refractivity contribution in [3.8, 4) is 0 Å². The predicted octanol–water partition coefficient (Wildman–Crippen LogP) is 2.38. The van der Waals surface area contributed by atoms with Gasteiger partial charge in [-0.15, -0.1) is 24.8 Å². The molecule has 1 aliphatic heterocycles. The van der Waals surface area contributed by atoms with Gasteiger partial charge in [-0.2, -0.15) is 0 Å². The summed E-state index contributed by atoms with van der Waals surface area (Å²) in [7, 11) is 0. The molecule has 158 valence electrons. The van der Waals surface area contributed by atoms with Crippen LogP contribution in [-0.2, 0) is 11.2 Å². The maximum atomic E-state index is 12.8. The van der Waals surface area contributed by atoms with Crippen LogP contribution < -0.4 is 16.0 Å². The Labute approximate surface area is 184 Å². The molecule has 29 heavy (non-hydrogen) atoms. The Morgan fingerprint density at radius 3 is 2.59 bits per heavy atom. The van der Waals surface area contributed by atoms with E-state index in [1.165, 1.54) is 0 Å². The van der Waals surface area contributed by atoms with Crippen LogP contribution in [0.3, 0.4) is 0 Å². The molecule has 3 rings (SSSR count). The molecule has 1 fully saturated rings. The van der Waals surface area contributed by atoms with Gasteiger partial charge in [0.2, 0.25) is 5.91 Å². The van der Waals surface area contributed by atoms with Crippen molar-refractivity contribution in [1.82, 2.24) is 20.9 Å². The third-order valence-corrected chi connectivity index (χ3v) is 4.78. The number of benzene rings is 1. The van der Waals surface area contributed by atoms with Gasteiger partial charge in [-0.05, 0) is 55.6 Å². The van der Waals surface area contributed by atoms with Crippen molar-refractivity contribution in [2.75, 3.05) is 19.6 Å². The second-order valence-corrected chi connectivity index (χ2v) is 6.92. The number of nitrogens with one attached hydrogen (secondary N) is 3. The molecule has 2 heterocycles. The summed E-state index contributed by atoms with van der Waals surface area (Å²) in [5, 5.41) is 9.24. The molecule has 0 radical (unpaired) electrons. The summed E-state index contributed by atoms with van der Waals surface area (Å²) < 4.78 is 0. The molecule has 2 unspecified atom stereocenters. The van der Waals surface area contributed by atoms with E-state index in [4.69, 9.17) is 0 Å². The predicted molar refractivity (Wildman–Crippen MR) is 119 cm³/mol. The minimum Gasteiger partial charge on any atom is -0.354 e. The summed E-state index contributed by atoms with van der Waals surface area (Å²) in [6.07, 6.45) is 6.06. The van der Waals surface area contributed by atoms with Crippen LogP contribution in [0.15, 0.2) is 54.9 Å². The Balaban J connectivity index is 0.00000210. The van der Waals surface area contributed by atoms with Gasteiger partial charge < -0.3 is 16.0 Å². The average Bonchev–Trinajstić information content (AvgIpc) is 2.73. The Bertz CT molecular complexity index is 741. The van der Waals surface area contributed by atoms with Crippen LogP contribution in [0.25, 0.3) is 0 Å². The number of hydrogen-bond acceptors (Lipinski definition) is 4. The molecule has 2 atom stereocenters. The zero-order chi connectivity index (χ0) is 18.9. The molecule has 0 spiro atoms. The van der Waals surface area contributed by atoms with Gasteiger partial charge in [0, 0.05) is 30.9 Å². The summed E-state index contributed by atoms with van der Waals surface area (Å²) in [6, 6.07) is 12.0. The van der Waals surface area contributed by atoms with Crippen LogP contribution in [0.4, 0.5) is 0 Å². The molecule has 0 saturated carbocycles. The molecule has 3 N–H and O–H groups in total. The van der Waals surface area contributed by atoms with E-state index in [1.54, 1.807) is 36.7 Å². The smallest absolute Gasteiger partial charge is 0.251 e. The third kappa shape index (κ3) is 8.01. The van der Waals surface area contributed by atoms with Gasteiger partial charge in [0.15, 0.2) is 0 Å². The van der Waals surface area contributed by atoms with Crippen molar-refractivity contribution in [1.29, 1.82) is 0 Å². The molecule has 1 aromatic carbocycles. The molecular weight excluding hydrogens is 411 g/mol. The molecule has 6 nitrogen and oxygen atoms in total. The van der Waals surface area contributed by atoms with Crippen molar-refractivity contribution >= 4 is 36.6 Å². The number of carbonyl (C=O) groups is 2. The second-order valence-electron chi connectivity index (χ2n) is 6.92. The SMILES string of the molecule is Cl.Cl.O=C(NC(Cc1cccnc1)C(=O)NCC1CCCNC1)c1ccccc1. The minimum atomic E-state index is -0.640. The average molecular weight is 439 g/mol. The van der Waals surface area contributed by atoms with E-state index < -0.39 is 6.04 Å². The zero-order valence-electron chi connectivity index (χ0n) is 16.2. The van der Waals surface area contributed by atoms with E-state index in [-0.39, 0.29) is 36.6 Å². The lowest BCUT2D eigenvalue weighted by Crippen LogP contribution is -2.49. The van der Waals surface area contributed by atoms with Gasteiger partial charge in [0.25, 0.3) is 5.91 Å². The molecule has 0 bridgehead atoms. The lowest BCUT2D eigenvalue weighted by molar-refractivity contribution is -0.123. The van der Waals surface area contributed by atoms with Crippen molar-refractivity contribution in [2.45, 2.75) is 25.3 Å². The summed E-state index contributed by atoms with van der Waals surface area (Å²) in [5.74, 6) is 0.0271.